The van der Waals surface area contributed by atoms with Crippen LogP contribution < -0.4 is 5.73 Å². The van der Waals surface area contributed by atoms with Crippen LogP contribution in [0.3, 0.4) is 0 Å². The van der Waals surface area contributed by atoms with Gasteiger partial charge in [-0.25, -0.2) is 0 Å². The maximum atomic E-state index is 12.3. The van der Waals surface area contributed by atoms with Crippen LogP contribution in [0.25, 0.3) is 0 Å². The lowest BCUT2D eigenvalue weighted by Crippen LogP contribution is -2.14. The van der Waals surface area contributed by atoms with Crippen molar-refractivity contribution in [1.29, 1.82) is 0 Å². The Bertz CT molecular complexity index is 677. The van der Waals surface area contributed by atoms with Crippen molar-refractivity contribution in [2.75, 3.05) is 0 Å². The number of rotatable bonds is 3. The van der Waals surface area contributed by atoms with E-state index in [9.17, 15) is 9.59 Å². The Hall–Kier alpha value is -1.78. The van der Waals surface area contributed by atoms with Crippen LogP contribution >= 0.6 is 23.2 Å². The van der Waals surface area contributed by atoms with Crippen molar-refractivity contribution in [2.24, 2.45) is 12.8 Å². The molecule has 0 atom stereocenters. The molecule has 0 aliphatic rings. The van der Waals surface area contributed by atoms with Crippen molar-refractivity contribution >= 4 is 34.9 Å². The zero-order valence-electron chi connectivity index (χ0n) is 9.98. The third-order valence-corrected chi connectivity index (χ3v) is 3.53. The summed E-state index contributed by atoms with van der Waals surface area (Å²) in [5.41, 5.74) is 6.08. The Balaban J connectivity index is 2.48. The second kappa shape index (κ2) is 5.07. The van der Waals surface area contributed by atoms with Crippen molar-refractivity contribution in [3.8, 4) is 0 Å². The van der Waals surface area contributed by atoms with Gasteiger partial charge in [0.25, 0.3) is 5.91 Å². The number of halogens is 2. The van der Waals surface area contributed by atoms with Gasteiger partial charge in [0, 0.05) is 24.4 Å². The topological polar surface area (TPSA) is 65.1 Å². The van der Waals surface area contributed by atoms with Crippen molar-refractivity contribution in [3.05, 3.63) is 57.3 Å². The van der Waals surface area contributed by atoms with Crippen LogP contribution in [0.2, 0.25) is 10.0 Å². The molecular weight excluding hydrogens is 287 g/mol. The lowest BCUT2D eigenvalue weighted by atomic mass is 10.1. The minimum atomic E-state index is -0.598. The number of aromatic nitrogens is 1. The highest BCUT2D eigenvalue weighted by Crippen LogP contribution is 2.27. The SMILES string of the molecule is Cn1cc(C(=O)c2cccc(Cl)c2Cl)cc1C(N)=O. The fraction of sp³-hybridized carbons (Fsp3) is 0.0769. The largest absolute Gasteiger partial charge is 0.364 e. The van der Waals surface area contributed by atoms with E-state index in [0.717, 1.165) is 0 Å². The van der Waals surface area contributed by atoms with E-state index in [1.54, 1.807) is 25.2 Å². The zero-order valence-corrected chi connectivity index (χ0v) is 11.5. The van der Waals surface area contributed by atoms with Gasteiger partial charge in [-0.15, -0.1) is 0 Å². The van der Waals surface area contributed by atoms with E-state index >= 15 is 0 Å². The molecule has 4 nitrogen and oxygen atoms in total. The van der Waals surface area contributed by atoms with Gasteiger partial charge in [-0.2, -0.15) is 0 Å². The number of nitrogens with zero attached hydrogens (tertiary/aromatic N) is 1. The Kier molecular flexibility index (Phi) is 3.64. The Morgan fingerprint density at radius 1 is 1.26 bits per heavy atom. The van der Waals surface area contributed by atoms with E-state index in [2.05, 4.69) is 0 Å². The normalized spacial score (nSPS) is 10.5. The van der Waals surface area contributed by atoms with Crippen molar-refractivity contribution in [3.63, 3.8) is 0 Å². The first-order chi connectivity index (χ1) is 8.91. The fourth-order valence-electron chi connectivity index (χ4n) is 1.77. The Labute approximate surface area is 119 Å². The molecule has 0 unspecified atom stereocenters. The van der Waals surface area contributed by atoms with Crippen LogP contribution in [0.1, 0.15) is 26.4 Å². The lowest BCUT2D eigenvalue weighted by Gasteiger charge is -2.02. The summed E-state index contributed by atoms with van der Waals surface area (Å²) in [6, 6.07) is 6.25. The van der Waals surface area contributed by atoms with E-state index in [-0.39, 0.29) is 22.1 Å². The maximum absolute atomic E-state index is 12.3. The monoisotopic (exact) mass is 296 g/mol. The summed E-state index contributed by atoms with van der Waals surface area (Å²) in [7, 11) is 1.64. The number of ketones is 1. The molecule has 2 aromatic rings. The van der Waals surface area contributed by atoms with Gasteiger partial charge >= 0.3 is 0 Å². The van der Waals surface area contributed by atoms with E-state index in [1.165, 1.54) is 16.8 Å². The minimum absolute atomic E-state index is 0.193. The quantitative estimate of drug-likeness (QED) is 0.885. The highest BCUT2D eigenvalue weighted by molar-refractivity contribution is 6.44. The molecule has 98 valence electrons. The predicted octanol–water partition coefficient (Wildman–Crippen LogP) is 2.66. The van der Waals surface area contributed by atoms with Gasteiger partial charge in [-0.3, -0.25) is 9.59 Å². The molecule has 0 spiro atoms. The average molecular weight is 297 g/mol. The van der Waals surface area contributed by atoms with Gasteiger partial charge in [0.05, 0.1) is 10.0 Å². The van der Waals surface area contributed by atoms with Gasteiger partial charge in [-0.1, -0.05) is 29.3 Å². The fourth-order valence-corrected chi connectivity index (χ4v) is 2.15. The molecule has 19 heavy (non-hydrogen) atoms. The Morgan fingerprint density at radius 3 is 2.53 bits per heavy atom. The molecule has 2 rings (SSSR count). The summed E-state index contributed by atoms with van der Waals surface area (Å²) >= 11 is 11.9. The standard InChI is InChI=1S/C13H10Cl2N2O2/c1-17-6-7(5-10(17)13(16)19)12(18)8-3-2-4-9(14)11(8)15/h2-6H,1H3,(H2,16,19). The van der Waals surface area contributed by atoms with Crippen molar-refractivity contribution < 1.29 is 9.59 Å². The van der Waals surface area contributed by atoms with Crippen LogP contribution in [0.15, 0.2) is 30.5 Å². The zero-order chi connectivity index (χ0) is 14.2. The molecule has 1 aromatic heterocycles. The third-order valence-electron chi connectivity index (χ3n) is 2.72. The van der Waals surface area contributed by atoms with Gasteiger partial charge in [-0.05, 0) is 18.2 Å². The molecule has 0 fully saturated rings. The number of hydrogen-bond donors (Lipinski definition) is 1. The summed E-state index contributed by atoms with van der Waals surface area (Å²) in [6.07, 6.45) is 1.53. The van der Waals surface area contributed by atoms with Crippen LogP contribution in [0.5, 0.6) is 0 Å². The number of aryl methyl sites for hydroxylation is 1. The first kappa shape index (κ1) is 13.6. The van der Waals surface area contributed by atoms with Crippen LogP contribution in [-0.2, 0) is 7.05 Å². The molecule has 1 amide bonds. The smallest absolute Gasteiger partial charge is 0.265 e. The first-order valence-electron chi connectivity index (χ1n) is 5.36. The molecule has 0 aliphatic heterocycles. The highest BCUT2D eigenvalue weighted by Gasteiger charge is 2.18. The number of benzene rings is 1. The summed E-state index contributed by atoms with van der Waals surface area (Å²) < 4.78 is 1.49. The molecule has 2 N–H and O–H groups in total. The number of carbonyl (C=O) groups excluding carboxylic acids is 2. The first-order valence-corrected chi connectivity index (χ1v) is 6.12. The van der Waals surface area contributed by atoms with E-state index < -0.39 is 5.91 Å². The Morgan fingerprint density at radius 2 is 1.95 bits per heavy atom. The summed E-state index contributed by atoms with van der Waals surface area (Å²) in [5.74, 6) is -0.908. The molecule has 6 heteroatoms. The molecule has 1 heterocycles. The minimum Gasteiger partial charge on any atom is -0.364 e. The second-order valence-electron chi connectivity index (χ2n) is 4.02. The van der Waals surface area contributed by atoms with Gasteiger partial charge < -0.3 is 10.3 Å². The molecule has 0 bridgehead atoms. The van der Waals surface area contributed by atoms with E-state index in [0.29, 0.717) is 10.6 Å². The second-order valence-corrected chi connectivity index (χ2v) is 4.80. The van der Waals surface area contributed by atoms with Crippen LogP contribution in [0.4, 0.5) is 0 Å². The van der Waals surface area contributed by atoms with Crippen LogP contribution in [-0.4, -0.2) is 16.3 Å². The van der Waals surface area contributed by atoms with E-state index in [4.69, 9.17) is 28.9 Å². The molecule has 0 saturated heterocycles. The average Bonchev–Trinajstić information content (AvgIpc) is 2.74. The van der Waals surface area contributed by atoms with Crippen molar-refractivity contribution in [1.82, 2.24) is 4.57 Å². The maximum Gasteiger partial charge on any atom is 0.265 e. The highest BCUT2D eigenvalue weighted by atomic mass is 35.5. The van der Waals surface area contributed by atoms with E-state index in [1.807, 2.05) is 0 Å². The number of amides is 1. The molecule has 0 aliphatic carbocycles. The summed E-state index contributed by atoms with van der Waals surface area (Å²) in [4.78, 5) is 23.5. The summed E-state index contributed by atoms with van der Waals surface area (Å²) in [5, 5.41) is 0.497. The van der Waals surface area contributed by atoms with Gasteiger partial charge in [0.15, 0.2) is 5.78 Å². The summed E-state index contributed by atoms with van der Waals surface area (Å²) in [6.45, 7) is 0. The van der Waals surface area contributed by atoms with Gasteiger partial charge in [0.1, 0.15) is 5.69 Å². The number of hydrogen-bond acceptors (Lipinski definition) is 2. The van der Waals surface area contributed by atoms with Gasteiger partial charge in [0.2, 0.25) is 0 Å². The number of primary amides is 1. The molecule has 1 aromatic carbocycles. The predicted molar refractivity (Wildman–Crippen MR) is 73.8 cm³/mol. The molecule has 0 saturated carbocycles. The number of carbonyl (C=O) groups is 2. The van der Waals surface area contributed by atoms with Crippen molar-refractivity contribution in [2.45, 2.75) is 0 Å². The third kappa shape index (κ3) is 2.50. The lowest BCUT2D eigenvalue weighted by molar-refractivity contribution is 0.0992. The van der Waals surface area contributed by atoms with Crippen LogP contribution in [0, 0.1) is 0 Å². The molecule has 0 radical (unpaired) electrons. The molecular formula is C13H10Cl2N2O2. The number of nitrogens with two attached hydrogens (primary N) is 1.